The number of nitrogens with zero attached hydrogens (tertiary/aromatic N) is 1. The maximum absolute atomic E-state index is 13.6. The van der Waals surface area contributed by atoms with Crippen LogP contribution in [-0.4, -0.2) is 23.9 Å². The lowest BCUT2D eigenvalue weighted by Gasteiger charge is -2.59. The molecule has 1 aromatic rings. The van der Waals surface area contributed by atoms with Crippen LogP contribution in [0.2, 0.25) is 0 Å². The van der Waals surface area contributed by atoms with Gasteiger partial charge in [-0.1, -0.05) is 24.3 Å². The van der Waals surface area contributed by atoms with E-state index in [0.29, 0.717) is 11.3 Å². The molecule has 0 N–H and O–H groups in total. The van der Waals surface area contributed by atoms with E-state index in [4.69, 9.17) is 0 Å². The van der Waals surface area contributed by atoms with Gasteiger partial charge in [0.2, 0.25) is 0 Å². The fourth-order valence-electron chi connectivity index (χ4n) is 3.30. The van der Waals surface area contributed by atoms with Crippen LogP contribution in [0, 0.1) is 17.2 Å². The van der Waals surface area contributed by atoms with Crippen molar-refractivity contribution in [2.45, 2.75) is 19.8 Å². The summed E-state index contributed by atoms with van der Waals surface area (Å²) < 4.78 is 13.6. The molecule has 2 nitrogen and oxygen atoms in total. The molecule has 3 rings (SSSR count). The van der Waals surface area contributed by atoms with Gasteiger partial charge < -0.3 is 4.90 Å². The zero-order chi connectivity index (χ0) is 13.6. The second-order valence-corrected chi connectivity index (χ2v) is 6.09. The van der Waals surface area contributed by atoms with Crippen LogP contribution in [-0.2, 0) is 0 Å². The predicted octanol–water partition coefficient (Wildman–Crippen LogP) is 3.25. The molecule has 1 spiro atoms. The van der Waals surface area contributed by atoms with Crippen molar-refractivity contribution in [2.75, 3.05) is 13.1 Å². The van der Waals surface area contributed by atoms with Gasteiger partial charge in [0.25, 0.3) is 5.91 Å². The molecular weight excluding hydrogens is 241 g/mol. The third-order valence-electron chi connectivity index (χ3n) is 4.50. The number of carbonyl (C=O) groups excluding carboxylic acids is 1. The molecule has 100 valence electrons. The fraction of sp³-hybridized carbons (Fsp3) is 0.438. The first-order chi connectivity index (χ1) is 9.01. The van der Waals surface area contributed by atoms with E-state index < -0.39 is 5.82 Å². The SMILES string of the molecule is C=C(C)C1CC2(C1)CN(C(=O)c1ccccc1F)C2. The van der Waals surface area contributed by atoms with Crippen molar-refractivity contribution >= 4 is 5.91 Å². The first-order valence-corrected chi connectivity index (χ1v) is 6.70. The van der Waals surface area contributed by atoms with Crippen LogP contribution in [0.25, 0.3) is 0 Å². The molecular formula is C16H18FNO. The first kappa shape index (κ1) is 12.4. The van der Waals surface area contributed by atoms with E-state index in [0.717, 1.165) is 25.9 Å². The van der Waals surface area contributed by atoms with Crippen LogP contribution < -0.4 is 0 Å². The van der Waals surface area contributed by atoms with E-state index in [1.54, 1.807) is 23.1 Å². The number of carbonyl (C=O) groups is 1. The number of rotatable bonds is 2. The number of benzene rings is 1. The lowest BCUT2D eigenvalue weighted by Crippen LogP contribution is -2.63. The van der Waals surface area contributed by atoms with E-state index in [9.17, 15) is 9.18 Å². The minimum atomic E-state index is -0.429. The second kappa shape index (κ2) is 4.19. The molecule has 19 heavy (non-hydrogen) atoms. The second-order valence-electron chi connectivity index (χ2n) is 6.09. The molecule has 1 aliphatic heterocycles. The van der Waals surface area contributed by atoms with E-state index >= 15 is 0 Å². The van der Waals surface area contributed by atoms with Gasteiger partial charge in [0.1, 0.15) is 5.82 Å². The molecule has 1 saturated heterocycles. The molecule has 2 aliphatic rings. The Hall–Kier alpha value is -1.64. The normalized spacial score (nSPS) is 20.8. The number of hydrogen-bond acceptors (Lipinski definition) is 1. The van der Waals surface area contributed by atoms with E-state index in [-0.39, 0.29) is 11.5 Å². The van der Waals surface area contributed by atoms with Crippen molar-refractivity contribution in [3.8, 4) is 0 Å². The van der Waals surface area contributed by atoms with Gasteiger partial charge in [-0.05, 0) is 37.8 Å². The predicted molar refractivity (Wildman–Crippen MR) is 72.3 cm³/mol. The Kier molecular flexibility index (Phi) is 2.73. The van der Waals surface area contributed by atoms with Crippen LogP contribution >= 0.6 is 0 Å². The minimum absolute atomic E-state index is 0.178. The zero-order valence-electron chi connectivity index (χ0n) is 11.2. The molecule has 0 unspecified atom stereocenters. The molecule has 1 saturated carbocycles. The van der Waals surface area contributed by atoms with Gasteiger partial charge in [-0.2, -0.15) is 0 Å². The van der Waals surface area contributed by atoms with Crippen LogP contribution in [0.15, 0.2) is 36.4 Å². The standard InChI is InChI=1S/C16H18FNO/c1-11(2)12-7-16(8-12)9-18(10-16)15(19)13-5-3-4-6-14(13)17/h3-6,12H,1,7-10H2,2H3. The summed E-state index contributed by atoms with van der Waals surface area (Å²) in [6, 6.07) is 6.20. The van der Waals surface area contributed by atoms with Crippen molar-refractivity contribution in [1.82, 2.24) is 4.90 Å². The van der Waals surface area contributed by atoms with Gasteiger partial charge >= 0.3 is 0 Å². The summed E-state index contributed by atoms with van der Waals surface area (Å²) in [6.45, 7) is 7.59. The van der Waals surface area contributed by atoms with Crippen LogP contribution in [0.3, 0.4) is 0 Å². The summed E-state index contributed by atoms with van der Waals surface area (Å²) in [5.74, 6) is 0.00934. The monoisotopic (exact) mass is 259 g/mol. The van der Waals surface area contributed by atoms with Crippen LogP contribution in [0.1, 0.15) is 30.1 Å². The Morgan fingerprint density at radius 3 is 2.58 bits per heavy atom. The molecule has 1 aromatic carbocycles. The van der Waals surface area contributed by atoms with Crippen molar-refractivity contribution in [3.63, 3.8) is 0 Å². The summed E-state index contributed by atoms with van der Waals surface area (Å²) in [6.07, 6.45) is 2.26. The smallest absolute Gasteiger partial charge is 0.256 e. The molecule has 1 aliphatic carbocycles. The van der Waals surface area contributed by atoms with Gasteiger partial charge in [0.15, 0.2) is 0 Å². The van der Waals surface area contributed by atoms with Crippen molar-refractivity contribution in [2.24, 2.45) is 11.3 Å². The average Bonchev–Trinajstić information content (AvgIpc) is 2.25. The third kappa shape index (κ3) is 1.97. The quantitative estimate of drug-likeness (QED) is 0.747. The maximum Gasteiger partial charge on any atom is 0.256 e. The third-order valence-corrected chi connectivity index (χ3v) is 4.50. The zero-order valence-corrected chi connectivity index (χ0v) is 11.2. The lowest BCUT2D eigenvalue weighted by molar-refractivity contribution is -0.0664. The van der Waals surface area contributed by atoms with Gasteiger partial charge in [0.05, 0.1) is 5.56 Å². The largest absolute Gasteiger partial charge is 0.337 e. The Morgan fingerprint density at radius 2 is 2.00 bits per heavy atom. The molecule has 1 amide bonds. The maximum atomic E-state index is 13.6. The summed E-state index contributed by atoms with van der Waals surface area (Å²) in [5.41, 5.74) is 1.72. The van der Waals surface area contributed by atoms with Crippen molar-refractivity contribution < 1.29 is 9.18 Å². The minimum Gasteiger partial charge on any atom is -0.337 e. The number of hydrogen-bond donors (Lipinski definition) is 0. The van der Waals surface area contributed by atoms with E-state index in [1.165, 1.54) is 11.6 Å². The molecule has 0 bridgehead atoms. The Labute approximate surface area is 112 Å². The topological polar surface area (TPSA) is 20.3 Å². The molecule has 1 heterocycles. The summed E-state index contributed by atoms with van der Waals surface area (Å²) >= 11 is 0. The highest BCUT2D eigenvalue weighted by molar-refractivity contribution is 5.95. The highest BCUT2D eigenvalue weighted by Crippen LogP contribution is 2.54. The highest BCUT2D eigenvalue weighted by Gasteiger charge is 2.53. The lowest BCUT2D eigenvalue weighted by atomic mass is 9.56. The molecule has 0 atom stereocenters. The Bertz CT molecular complexity index is 537. The summed E-state index contributed by atoms with van der Waals surface area (Å²) in [7, 11) is 0. The number of likely N-dealkylation sites (tertiary alicyclic amines) is 1. The molecule has 0 radical (unpaired) electrons. The first-order valence-electron chi connectivity index (χ1n) is 6.70. The van der Waals surface area contributed by atoms with E-state index in [2.05, 4.69) is 13.5 Å². The van der Waals surface area contributed by atoms with Gasteiger partial charge in [-0.15, -0.1) is 0 Å². The van der Waals surface area contributed by atoms with Crippen molar-refractivity contribution in [1.29, 1.82) is 0 Å². The Morgan fingerprint density at radius 1 is 1.37 bits per heavy atom. The molecule has 0 aromatic heterocycles. The van der Waals surface area contributed by atoms with Crippen LogP contribution in [0.5, 0.6) is 0 Å². The van der Waals surface area contributed by atoms with Gasteiger partial charge in [0, 0.05) is 18.5 Å². The summed E-state index contributed by atoms with van der Waals surface area (Å²) in [5, 5.41) is 0. The number of amides is 1. The number of halogens is 1. The highest BCUT2D eigenvalue weighted by atomic mass is 19.1. The van der Waals surface area contributed by atoms with E-state index in [1.807, 2.05) is 0 Å². The molecule has 2 fully saturated rings. The summed E-state index contributed by atoms with van der Waals surface area (Å²) in [4.78, 5) is 13.9. The Balaban J connectivity index is 1.62. The fourth-order valence-corrected chi connectivity index (χ4v) is 3.30. The van der Waals surface area contributed by atoms with Crippen LogP contribution in [0.4, 0.5) is 4.39 Å². The molecule has 3 heteroatoms. The van der Waals surface area contributed by atoms with Gasteiger partial charge in [-0.25, -0.2) is 4.39 Å². The average molecular weight is 259 g/mol. The van der Waals surface area contributed by atoms with Crippen molar-refractivity contribution in [3.05, 3.63) is 47.8 Å². The van der Waals surface area contributed by atoms with Gasteiger partial charge in [-0.3, -0.25) is 4.79 Å². The number of allylic oxidation sites excluding steroid dienone is 1.